The summed E-state index contributed by atoms with van der Waals surface area (Å²) in [5.74, 6) is 2.26. The quantitative estimate of drug-likeness (QED) is 0.849. The Hall–Kier alpha value is -2.01. The number of nitrogens with zero attached hydrogens (tertiary/aromatic N) is 1. The number of ether oxygens (including phenoxy) is 3. The van der Waals surface area contributed by atoms with Crippen LogP contribution in [0.4, 0.5) is 5.82 Å². The molecule has 5 heteroatoms. The number of pyridine rings is 1. The van der Waals surface area contributed by atoms with Gasteiger partial charge in [0.1, 0.15) is 5.82 Å². The Morgan fingerprint density at radius 3 is 2.52 bits per heavy atom. The molecule has 1 unspecified atom stereocenters. The van der Waals surface area contributed by atoms with Gasteiger partial charge >= 0.3 is 0 Å². The van der Waals surface area contributed by atoms with Crippen molar-refractivity contribution in [2.45, 2.75) is 19.4 Å². The van der Waals surface area contributed by atoms with Gasteiger partial charge in [-0.1, -0.05) is 0 Å². The van der Waals surface area contributed by atoms with Gasteiger partial charge in [-0.25, -0.2) is 4.98 Å². The van der Waals surface area contributed by atoms with Crippen LogP contribution in [-0.4, -0.2) is 39.0 Å². The summed E-state index contributed by atoms with van der Waals surface area (Å²) in [6, 6.07) is 6.14. The number of methoxy groups -OCH3 is 3. The van der Waals surface area contributed by atoms with E-state index in [0.717, 1.165) is 35.4 Å². The molecule has 1 heterocycles. The van der Waals surface area contributed by atoms with E-state index in [4.69, 9.17) is 14.2 Å². The van der Waals surface area contributed by atoms with Crippen LogP contribution in [0.1, 0.15) is 13.3 Å². The third-order valence-electron chi connectivity index (χ3n) is 3.41. The SMILES string of the molecule is COCCC(C)Nc1nccc2cc(OC)c(OC)cc12. The van der Waals surface area contributed by atoms with Gasteiger partial charge in [0, 0.05) is 31.3 Å². The third kappa shape index (κ3) is 3.55. The molecule has 0 bridgehead atoms. The molecule has 0 fully saturated rings. The van der Waals surface area contributed by atoms with Gasteiger partial charge in [-0.2, -0.15) is 0 Å². The summed E-state index contributed by atoms with van der Waals surface area (Å²) in [7, 11) is 4.98. The van der Waals surface area contributed by atoms with Crippen LogP contribution in [0.2, 0.25) is 0 Å². The minimum absolute atomic E-state index is 0.274. The molecule has 0 saturated heterocycles. The molecule has 0 aliphatic rings. The first kappa shape index (κ1) is 15.4. The van der Waals surface area contributed by atoms with Crippen molar-refractivity contribution in [3.8, 4) is 11.5 Å². The molecule has 114 valence electrons. The summed E-state index contributed by atoms with van der Waals surface area (Å²) in [6.07, 6.45) is 2.71. The van der Waals surface area contributed by atoms with Gasteiger partial charge in [0.05, 0.1) is 14.2 Å². The molecule has 0 aliphatic carbocycles. The fraction of sp³-hybridized carbons (Fsp3) is 0.438. The minimum Gasteiger partial charge on any atom is -0.493 e. The molecule has 21 heavy (non-hydrogen) atoms. The highest BCUT2D eigenvalue weighted by Crippen LogP contribution is 2.34. The van der Waals surface area contributed by atoms with Crippen molar-refractivity contribution in [3.63, 3.8) is 0 Å². The molecule has 1 aromatic heterocycles. The predicted molar refractivity (Wildman–Crippen MR) is 84.4 cm³/mol. The second kappa shape index (κ2) is 7.13. The molecule has 0 radical (unpaired) electrons. The summed E-state index contributed by atoms with van der Waals surface area (Å²) < 4.78 is 15.8. The summed E-state index contributed by atoms with van der Waals surface area (Å²) in [5.41, 5.74) is 0. The summed E-state index contributed by atoms with van der Waals surface area (Å²) in [4.78, 5) is 4.44. The zero-order valence-corrected chi connectivity index (χ0v) is 13.0. The van der Waals surface area contributed by atoms with Crippen molar-refractivity contribution in [2.75, 3.05) is 33.3 Å². The zero-order valence-electron chi connectivity index (χ0n) is 13.0. The predicted octanol–water partition coefficient (Wildman–Crippen LogP) is 3.09. The molecule has 5 nitrogen and oxygen atoms in total. The van der Waals surface area contributed by atoms with Gasteiger partial charge in [-0.15, -0.1) is 0 Å². The summed E-state index contributed by atoms with van der Waals surface area (Å²) >= 11 is 0. The molecular formula is C16H22N2O3. The molecule has 1 N–H and O–H groups in total. The summed E-state index contributed by atoms with van der Waals surface area (Å²) in [6.45, 7) is 2.83. The van der Waals surface area contributed by atoms with Crippen LogP contribution in [0.15, 0.2) is 24.4 Å². The van der Waals surface area contributed by atoms with Crippen LogP contribution >= 0.6 is 0 Å². The Morgan fingerprint density at radius 1 is 1.14 bits per heavy atom. The van der Waals surface area contributed by atoms with E-state index in [1.807, 2.05) is 18.2 Å². The topological polar surface area (TPSA) is 52.6 Å². The number of nitrogens with one attached hydrogen (secondary N) is 1. The van der Waals surface area contributed by atoms with E-state index in [-0.39, 0.29) is 6.04 Å². The van der Waals surface area contributed by atoms with E-state index in [0.29, 0.717) is 5.75 Å². The zero-order chi connectivity index (χ0) is 15.2. The van der Waals surface area contributed by atoms with Gasteiger partial charge in [-0.05, 0) is 36.9 Å². The lowest BCUT2D eigenvalue weighted by Gasteiger charge is -2.16. The van der Waals surface area contributed by atoms with Crippen molar-refractivity contribution in [1.29, 1.82) is 0 Å². The fourth-order valence-electron chi connectivity index (χ4n) is 2.21. The van der Waals surface area contributed by atoms with E-state index in [1.54, 1.807) is 27.5 Å². The van der Waals surface area contributed by atoms with Crippen LogP contribution in [0, 0.1) is 0 Å². The molecule has 0 amide bonds. The number of anilines is 1. The number of rotatable bonds is 7. The second-order valence-electron chi connectivity index (χ2n) is 4.91. The van der Waals surface area contributed by atoms with E-state index in [2.05, 4.69) is 17.2 Å². The van der Waals surface area contributed by atoms with Gasteiger partial charge in [0.25, 0.3) is 0 Å². The van der Waals surface area contributed by atoms with E-state index in [1.165, 1.54) is 0 Å². The highest BCUT2D eigenvalue weighted by Gasteiger charge is 2.11. The Kier molecular flexibility index (Phi) is 5.22. The van der Waals surface area contributed by atoms with Gasteiger partial charge in [0.15, 0.2) is 11.5 Å². The Labute approximate surface area is 125 Å². The Morgan fingerprint density at radius 2 is 1.86 bits per heavy atom. The van der Waals surface area contributed by atoms with Crippen molar-refractivity contribution in [1.82, 2.24) is 4.98 Å². The standard InChI is InChI=1S/C16H22N2O3/c1-11(6-8-19-2)18-16-13-10-15(21-4)14(20-3)9-12(13)5-7-17-16/h5,7,9-11H,6,8H2,1-4H3,(H,17,18). The molecule has 2 aromatic rings. The smallest absolute Gasteiger partial charge is 0.161 e. The lowest BCUT2D eigenvalue weighted by Crippen LogP contribution is -2.18. The lowest BCUT2D eigenvalue weighted by atomic mass is 10.1. The number of fused-ring (bicyclic) bond motifs is 1. The molecule has 1 aromatic carbocycles. The number of aromatic nitrogens is 1. The maximum atomic E-state index is 5.37. The van der Waals surface area contributed by atoms with E-state index in [9.17, 15) is 0 Å². The first-order valence-electron chi connectivity index (χ1n) is 6.95. The van der Waals surface area contributed by atoms with Crippen molar-refractivity contribution >= 4 is 16.6 Å². The molecular weight excluding hydrogens is 268 g/mol. The largest absolute Gasteiger partial charge is 0.493 e. The van der Waals surface area contributed by atoms with E-state index < -0.39 is 0 Å². The first-order valence-corrected chi connectivity index (χ1v) is 6.95. The molecule has 2 rings (SSSR count). The van der Waals surface area contributed by atoms with Crippen molar-refractivity contribution in [3.05, 3.63) is 24.4 Å². The van der Waals surface area contributed by atoms with E-state index >= 15 is 0 Å². The monoisotopic (exact) mass is 290 g/mol. The van der Waals surface area contributed by atoms with Crippen LogP contribution in [-0.2, 0) is 4.74 Å². The Bertz CT molecular complexity index is 601. The average Bonchev–Trinajstić information content (AvgIpc) is 2.51. The highest BCUT2D eigenvalue weighted by molar-refractivity contribution is 5.94. The van der Waals surface area contributed by atoms with Gasteiger partial charge in [-0.3, -0.25) is 0 Å². The number of hydrogen-bond acceptors (Lipinski definition) is 5. The van der Waals surface area contributed by atoms with Crippen LogP contribution in [0.5, 0.6) is 11.5 Å². The number of hydrogen-bond donors (Lipinski definition) is 1. The molecule has 1 atom stereocenters. The van der Waals surface area contributed by atoms with Gasteiger partial charge < -0.3 is 19.5 Å². The average molecular weight is 290 g/mol. The van der Waals surface area contributed by atoms with Crippen LogP contribution in [0.25, 0.3) is 10.8 Å². The highest BCUT2D eigenvalue weighted by atomic mass is 16.5. The number of benzene rings is 1. The lowest BCUT2D eigenvalue weighted by molar-refractivity contribution is 0.191. The second-order valence-corrected chi connectivity index (χ2v) is 4.91. The van der Waals surface area contributed by atoms with Crippen LogP contribution < -0.4 is 14.8 Å². The van der Waals surface area contributed by atoms with Crippen LogP contribution in [0.3, 0.4) is 0 Å². The maximum absolute atomic E-state index is 5.37. The summed E-state index contributed by atoms with van der Waals surface area (Å²) in [5, 5.41) is 5.49. The third-order valence-corrected chi connectivity index (χ3v) is 3.41. The fourth-order valence-corrected chi connectivity index (χ4v) is 2.21. The first-order chi connectivity index (χ1) is 10.2. The van der Waals surface area contributed by atoms with Gasteiger partial charge in [0.2, 0.25) is 0 Å². The molecule has 0 saturated carbocycles. The molecule has 0 aliphatic heterocycles. The molecule has 0 spiro atoms. The van der Waals surface area contributed by atoms with Crippen molar-refractivity contribution < 1.29 is 14.2 Å². The minimum atomic E-state index is 0.274. The van der Waals surface area contributed by atoms with Crippen molar-refractivity contribution in [2.24, 2.45) is 0 Å². The maximum Gasteiger partial charge on any atom is 0.161 e. The Balaban J connectivity index is 2.35. The normalized spacial score (nSPS) is 12.2.